The van der Waals surface area contributed by atoms with Crippen LogP contribution in [-0.2, 0) is 11.2 Å². The highest BCUT2D eigenvalue weighted by molar-refractivity contribution is 6.01. The fourth-order valence-electron chi connectivity index (χ4n) is 7.11. The van der Waals surface area contributed by atoms with Crippen molar-refractivity contribution in [3.8, 4) is 23.0 Å². The van der Waals surface area contributed by atoms with E-state index in [1.807, 2.05) is 0 Å². The van der Waals surface area contributed by atoms with Crippen molar-refractivity contribution in [2.45, 2.75) is 50.4 Å². The standard InChI is InChI=1S/C32H34F3N5O4/c1-2-21-24(34)5-4-17-8-20(41)9-22(26(17)21)28-27(35)29-23(12-36-28)30(37-11-18-14-43-15-25(18)42)39-31(38-29)44-16-32-6-3-7-40(32)13-19(33)10-32/h4-5,8-9,12,18-19,25,41-42H,2-3,6-7,10-11,13-16H2,1H3,(H,37,38,39)/t18?,19-,25-,32+/m1/s1. The summed E-state index contributed by atoms with van der Waals surface area (Å²) < 4.78 is 57.3. The lowest BCUT2D eigenvalue weighted by Gasteiger charge is -2.30. The molecule has 3 aliphatic heterocycles. The molecular formula is C32H34F3N5O4. The van der Waals surface area contributed by atoms with Gasteiger partial charge in [0.1, 0.15) is 41.4 Å². The van der Waals surface area contributed by atoms with E-state index in [0.717, 1.165) is 19.4 Å². The first kappa shape index (κ1) is 29.0. The minimum Gasteiger partial charge on any atom is -0.508 e. The van der Waals surface area contributed by atoms with Crippen LogP contribution in [0.3, 0.4) is 0 Å². The molecule has 3 saturated heterocycles. The number of rotatable bonds is 8. The molecule has 0 saturated carbocycles. The van der Waals surface area contributed by atoms with Crippen LogP contribution in [0.2, 0.25) is 0 Å². The number of phenols is 1. The van der Waals surface area contributed by atoms with Gasteiger partial charge in [0.25, 0.3) is 0 Å². The van der Waals surface area contributed by atoms with Gasteiger partial charge in [-0.25, -0.2) is 13.2 Å². The summed E-state index contributed by atoms with van der Waals surface area (Å²) in [5, 5.41) is 25.2. The van der Waals surface area contributed by atoms with Crippen LogP contribution in [-0.4, -0.2) is 87.3 Å². The summed E-state index contributed by atoms with van der Waals surface area (Å²) in [5.41, 5.74) is -0.0243. The highest BCUT2D eigenvalue weighted by Gasteiger charge is 2.49. The van der Waals surface area contributed by atoms with E-state index in [-0.39, 0.29) is 58.9 Å². The molecule has 2 aromatic heterocycles. The maximum Gasteiger partial charge on any atom is 0.319 e. The maximum absolute atomic E-state index is 16.6. The predicted molar refractivity (Wildman–Crippen MR) is 159 cm³/mol. The SMILES string of the molecule is CCc1c(F)ccc2cc(O)cc(-c3ncc4c(NCC5COC[C@H]5O)nc(OC[C@@]56CCCN5C[C@H](F)C6)nc4c3F)c12. The number of nitrogens with one attached hydrogen (secondary N) is 1. The van der Waals surface area contributed by atoms with Gasteiger partial charge in [0.15, 0.2) is 5.82 Å². The fourth-order valence-corrected chi connectivity index (χ4v) is 7.11. The number of hydrogen-bond donors (Lipinski definition) is 3. The van der Waals surface area contributed by atoms with Gasteiger partial charge in [-0.1, -0.05) is 13.0 Å². The summed E-state index contributed by atoms with van der Waals surface area (Å²) in [7, 11) is 0. The average molecular weight is 610 g/mol. The number of aliphatic hydroxyl groups excluding tert-OH is 1. The molecule has 0 bridgehead atoms. The lowest BCUT2D eigenvalue weighted by atomic mass is 9.94. The van der Waals surface area contributed by atoms with E-state index in [9.17, 15) is 19.0 Å². The number of phenolic OH excluding ortho intramolecular Hbond substituents is 1. The Kier molecular flexibility index (Phi) is 7.46. The van der Waals surface area contributed by atoms with Crippen molar-refractivity contribution in [3.05, 3.63) is 47.7 Å². The number of pyridine rings is 1. The van der Waals surface area contributed by atoms with Gasteiger partial charge in [0.05, 0.1) is 30.2 Å². The van der Waals surface area contributed by atoms with E-state index >= 15 is 4.39 Å². The Balaban J connectivity index is 1.33. The quantitative estimate of drug-likeness (QED) is 0.260. The first-order valence-electron chi connectivity index (χ1n) is 15.1. The van der Waals surface area contributed by atoms with Crippen LogP contribution in [0.15, 0.2) is 30.5 Å². The van der Waals surface area contributed by atoms with Crippen LogP contribution in [0, 0.1) is 17.6 Å². The van der Waals surface area contributed by atoms with Crippen molar-refractivity contribution in [1.29, 1.82) is 0 Å². The van der Waals surface area contributed by atoms with E-state index < -0.39 is 29.4 Å². The summed E-state index contributed by atoms with van der Waals surface area (Å²) in [6.07, 6.45) is 2.28. The Morgan fingerprint density at radius 2 is 2.07 bits per heavy atom. The predicted octanol–water partition coefficient (Wildman–Crippen LogP) is 4.77. The van der Waals surface area contributed by atoms with Gasteiger partial charge in [-0.15, -0.1) is 0 Å². The third-order valence-electron chi connectivity index (χ3n) is 9.35. The molecule has 44 heavy (non-hydrogen) atoms. The van der Waals surface area contributed by atoms with E-state index in [0.29, 0.717) is 48.9 Å². The number of anilines is 1. The van der Waals surface area contributed by atoms with Gasteiger partial charge in [0.2, 0.25) is 0 Å². The summed E-state index contributed by atoms with van der Waals surface area (Å²) >= 11 is 0. The minimum absolute atomic E-state index is 0.0766. The lowest BCUT2D eigenvalue weighted by Crippen LogP contribution is -2.43. The number of halogens is 3. The molecule has 9 nitrogen and oxygen atoms in total. The van der Waals surface area contributed by atoms with Crippen LogP contribution < -0.4 is 10.1 Å². The molecule has 7 rings (SSSR count). The highest BCUT2D eigenvalue weighted by Crippen LogP contribution is 2.41. The molecular weight excluding hydrogens is 575 g/mol. The molecule has 4 atom stereocenters. The number of aromatic hydroxyl groups is 1. The number of ether oxygens (including phenoxy) is 2. The van der Waals surface area contributed by atoms with Gasteiger partial charge in [-0.05, 0) is 60.3 Å². The fraction of sp³-hybridized carbons (Fsp3) is 0.469. The Bertz CT molecular complexity index is 1740. The van der Waals surface area contributed by atoms with Crippen LogP contribution in [0.5, 0.6) is 11.8 Å². The second-order valence-electron chi connectivity index (χ2n) is 12.1. The third kappa shape index (κ3) is 4.98. The van der Waals surface area contributed by atoms with Gasteiger partial charge >= 0.3 is 6.01 Å². The summed E-state index contributed by atoms with van der Waals surface area (Å²) in [5.74, 6) is -1.27. The largest absolute Gasteiger partial charge is 0.508 e. The van der Waals surface area contributed by atoms with E-state index in [4.69, 9.17) is 9.47 Å². The van der Waals surface area contributed by atoms with Crippen LogP contribution >= 0.6 is 0 Å². The normalized spacial score (nSPS) is 25.2. The number of fused-ring (bicyclic) bond motifs is 3. The monoisotopic (exact) mass is 609 g/mol. The molecule has 0 spiro atoms. The molecule has 1 unspecified atom stereocenters. The number of nitrogens with zero attached hydrogens (tertiary/aromatic N) is 4. The van der Waals surface area contributed by atoms with E-state index in [2.05, 4.69) is 25.2 Å². The number of alkyl halides is 1. The minimum atomic E-state index is -0.935. The van der Waals surface area contributed by atoms with E-state index in [1.165, 1.54) is 24.4 Å². The molecule has 12 heteroatoms. The first-order valence-corrected chi connectivity index (χ1v) is 15.1. The van der Waals surface area contributed by atoms with Gasteiger partial charge < -0.3 is 25.0 Å². The molecule has 232 valence electrons. The van der Waals surface area contributed by atoms with Crippen molar-refractivity contribution < 1.29 is 32.9 Å². The summed E-state index contributed by atoms with van der Waals surface area (Å²) in [6, 6.07) is 5.67. The Morgan fingerprint density at radius 3 is 2.86 bits per heavy atom. The van der Waals surface area contributed by atoms with E-state index in [1.54, 1.807) is 13.0 Å². The van der Waals surface area contributed by atoms with Crippen LogP contribution in [0.25, 0.3) is 32.9 Å². The first-order chi connectivity index (χ1) is 21.3. The van der Waals surface area contributed by atoms with Gasteiger partial charge in [-0.2, -0.15) is 9.97 Å². The molecule has 3 N–H and O–H groups in total. The Morgan fingerprint density at radius 1 is 1.20 bits per heavy atom. The van der Waals surface area contributed by atoms with Crippen LogP contribution in [0.1, 0.15) is 31.7 Å². The van der Waals surface area contributed by atoms with Crippen molar-refractivity contribution in [2.75, 3.05) is 44.8 Å². The molecule has 0 radical (unpaired) electrons. The number of benzene rings is 2. The molecule has 3 aliphatic rings. The van der Waals surface area contributed by atoms with Crippen LogP contribution in [0.4, 0.5) is 19.0 Å². The number of hydrogen-bond acceptors (Lipinski definition) is 9. The van der Waals surface area contributed by atoms with Crippen molar-refractivity contribution >= 4 is 27.5 Å². The highest BCUT2D eigenvalue weighted by atomic mass is 19.1. The zero-order valence-electron chi connectivity index (χ0n) is 24.3. The molecule has 4 aromatic rings. The zero-order valence-corrected chi connectivity index (χ0v) is 24.3. The topological polar surface area (TPSA) is 113 Å². The second-order valence-corrected chi connectivity index (χ2v) is 12.1. The number of aryl methyl sites for hydroxylation is 1. The molecule has 5 heterocycles. The second kappa shape index (κ2) is 11.3. The third-order valence-corrected chi connectivity index (χ3v) is 9.35. The Labute approximate surface area is 252 Å². The number of aromatic nitrogens is 3. The molecule has 0 amide bonds. The van der Waals surface area contributed by atoms with Crippen molar-refractivity contribution in [3.63, 3.8) is 0 Å². The molecule has 2 aromatic carbocycles. The Hall–Kier alpha value is -3.74. The van der Waals surface area contributed by atoms with Gasteiger partial charge in [-0.3, -0.25) is 9.88 Å². The van der Waals surface area contributed by atoms with Gasteiger partial charge in [0, 0.05) is 37.2 Å². The smallest absolute Gasteiger partial charge is 0.319 e. The summed E-state index contributed by atoms with van der Waals surface area (Å²) in [4.78, 5) is 15.5. The molecule has 0 aliphatic carbocycles. The average Bonchev–Trinajstić information content (AvgIpc) is 3.68. The van der Waals surface area contributed by atoms with Crippen molar-refractivity contribution in [1.82, 2.24) is 19.9 Å². The maximum atomic E-state index is 16.6. The lowest BCUT2D eigenvalue weighted by molar-refractivity contribution is 0.107. The molecule has 3 fully saturated rings. The van der Waals surface area contributed by atoms with Crippen molar-refractivity contribution in [2.24, 2.45) is 5.92 Å². The summed E-state index contributed by atoms with van der Waals surface area (Å²) in [6.45, 7) is 4.01. The number of aliphatic hydroxyl groups is 1. The zero-order chi connectivity index (χ0) is 30.6.